The van der Waals surface area contributed by atoms with E-state index in [1.807, 2.05) is 32.6 Å². The Morgan fingerprint density at radius 3 is 2.64 bits per heavy atom. The summed E-state index contributed by atoms with van der Waals surface area (Å²) < 4.78 is 35.5. The van der Waals surface area contributed by atoms with Gasteiger partial charge in [0.05, 0.1) is 12.2 Å². The molecular weight excluding hydrogens is 508 g/mol. The highest BCUT2D eigenvalue weighted by Gasteiger charge is 2.33. The number of halogens is 2. The van der Waals surface area contributed by atoms with Gasteiger partial charge >= 0.3 is 12.1 Å². The van der Waals surface area contributed by atoms with Crippen LogP contribution < -0.4 is 10.2 Å². The van der Waals surface area contributed by atoms with Crippen LogP contribution in [0.3, 0.4) is 0 Å². The van der Waals surface area contributed by atoms with Gasteiger partial charge in [-0.15, -0.1) is 5.10 Å². The topological polar surface area (TPSA) is 95.3 Å². The number of hydrogen-bond acceptors (Lipinski definition) is 6. The number of imidazole rings is 1. The number of benzene rings is 1. The molecule has 3 aromatic rings. The van der Waals surface area contributed by atoms with Crippen LogP contribution in [-0.4, -0.2) is 74.3 Å². The number of rotatable bonds is 3. The lowest BCUT2D eigenvalue weighted by molar-refractivity contribution is 0.00588. The minimum atomic E-state index is -0.596. The van der Waals surface area contributed by atoms with Crippen LogP contribution in [0, 0.1) is 11.6 Å². The molecule has 2 saturated heterocycles. The fourth-order valence-corrected chi connectivity index (χ4v) is 5.16. The summed E-state index contributed by atoms with van der Waals surface area (Å²) in [6, 6.07) is 6.16. The summed E-state index contributed by atoms with van der Waals surface area (Å²) in [5.41, 5.74) is 0.235. The Hall–Kier alpha value is -3.96. The molecule has 12 heteroatoms. The van der Waals surface area contributed by atoms with Gasteiger partial charge in [0.15, 0.2) is 11.5 Å². The van der Waals surface area contributed by atoms with E-state index in [1.165, 1.54) is 16.8 Å². The molecule has 0 aliphatic carbocycles. The van der Waals surface area contributed by atoms with E-state index >= 15 is 0 Å². The Bertz CT molecular complexity index is 1390. The number of nitrogens with one attached hydrogen (secondary N) is 1. The average molecular weight is 542 g/mol. The van der Waals surface area contributed by atoms with Crippen molar-refractivity contribution in [3.8, 4) is 0 Å². The molecule has 2 aromatic heterocycles. The molecule has 10 nitrogen and oxygen atoms in total. The fraction of sp³-hybridized carbons (Fsp3) is 0.481. The fourth-order valence-electron chi connectivity index (χ4n) is 5.16. The molecule has 1 aromatic carbocycles. The zero-order chi connectivity index (χ0) is 27.9. The highest BCUT2D eigenvalue weighted by atomic mass is 19.1. The zero-order valence-corrected chi connectivity index (χ0v) is 22.5. The maximum atomic E-state index is 14.6. The van der Waals surface area contributed by atoms with Crippen LogP contribution in [0.2, 0.25) is 0 Å². The number of nitrogens with zero attached hydrogens (tertiary/aromatic N) is 6. The number of hydrogen-bond donors (Lipinski definition) is 1. The van der Waals surface area contributed by atoms with Crippen LogP contribution >= 0.6 is 0 Å². The first kappa shape index (κ1) is 26.6. The number of ether oxygens (including phenoxy) is 1. The van der Waals surface area contributed by atoms with Crippen LogP contribution in [-0.2, 0) is 4.74 Å². The molecule has 3 amide bonds. The predicted octanol–water partition coefficient (Wildman–Crippen LogP) is 4.82. The average Bonchev–Trinajstić information content (AvgIpc) is 3.51. The molecule has 0 spiro atoms. The number of fused-ring (bicyclic) bond motifs is 1. The molecule has 1 N–H and O–H groups in total. The van der Waals surface area contributed by atoms with E-state index in [1.54, 1.807) is 21.9 Å². The largest absolute Gasteiger partial charge is 0.444 e. The maximum absolute atomic E-state index is 14.6. The van der Waals surface area contributed by atoms with Crippen molar-refractivity contribution < 1.29 is 23.1 Å². The molecular formula is C27H33F2N7O3. The predicted molar refractivity (Wildman–Crippen MR) is 142 cm³/mol. The molecule has 2 fully saturated rings. The van der Waals surface area contributed by atoms with Crippen molar-refractivity contribution >= 4 is 29.4 Å². The van der Waals surface area contributed by atoms with Gasteiger partial charge < -0.3 is 19.4 Å². The van der Waals surface area contributed by atoms with Crippen molar-refractivity contribution in [2.45, 2.75) is 58.2 Å². The monoisotopic (exact) mass is 541 g/mol. The van der Waals surface area contributed by atoms with Crippen molar-refractivity contribution in [2.75, 3.05) is 36.4 Å². The third-order valence-corrected chi connectivity index (χ3v) is 6.99. The maximum Gasteiger partial charge on any atom is 0.410 e. The van der Waals surface area contributed by atoms with Crippen LogP contribution in [0.5, 0.6) is 0 Å². The third kappa shape index (κ3) is 5.59. The Balaban J connectivity index is 1.30. The summed E-state index contributed by atoms with van der Waals surface area (Å²) in [5, 5.41) is 7.57. The van der Waals surface area contributed by atoms with Gasteiger partial charge in [-0.1, -0.05) is 0 Å². The molecule has 4 heterocycles. The molecule has 0 bridgehead atoms. The van der Waals surface area contributed by atoms with Crippen molar-refractivity contribution in [3.63, 3.8) is 0 Å². The minimum absolute atomic E-state index is 0.221. The Kier molecular flexibility index (Phi) is 7.04. The van der Waals surface area contributed by atoms with E-state index in [2.05, 4.69) is 15.4 Å². The van der Waals surface area contributed by atoms with Crippen molar-refractivity contribution in [2.24, 2.45) is 0 Å². The third-order valence-electron chi connectivity index (χ3n) is 6.99. The number of carbonyl (C=O) groups is 2. The van der Waals surface area contributed by atoms with Gasteiger partial charge in [-0.3, -0.25) is 5.32 Å². The molecule has 5 rings (SSSR count). The lowest BCUT2D eigenvalue weighted by Gasteiger charge is -2.40. The van der Waals surface area contributed by atoms with E-state index in [4.69, 9.17) is 4.74 Å². The Morgan fingerprint density at radius 1 is 1.10 bits per heavy atom. The van der Waals surface area contributed by atoms with E-state index in [0.717, 1.165) is 18.6 Å². The molecule has 2 unspecified atom stereocenters. The van der Waals surface area contributed by atoms with Gasteiger partial charge in [0.25, 0.3) is 0 Å². The Morgan fingerprint density at radius 2 is 1.90 bits per heavy atom. The lowest BCUT2D eigenvalue weighted by atomic mass is 10.0. The smallest absolute Gasteiger partial charge is 0.410 e. The molecule has 2 aliphatic heterocycles. The molecule has 208 valence electrons. The number of amides is 3. The van der Waals surface area contributed by atoms with Crippen LogP contribution in [0.1, 0.15) is 52.1 Å². The normalized spacial score (nSPS) is 20.0. The van der Waals surface area contributed by atoms with Gasteiger partial charge in [-0.05, 0) is 70.9 Å². The summed E-state index contributed by atoms with van der Waals surface area (Å²) in [6.45, 7) is 9.00. The molecule has 0 saturated carbocycles. The second-order valence-electron chi connectivity index (χ2n) is 11.0. The summed E-state index contributed by atoms with van der Waals surface area (Å²) in [6.07, 6.45) is 2.60. The van der Waals surface area contributed by atoms with E-state index in [0.29, 0.717) is 55.4 Å². The second kappa shape index (κ2) is 10.3. The van der Waals surface area contributed by atoms with Crippen LogP contribution in [0.15, 0.2) is 36.5 Å². The van der Waals surface area contributed by atoms with E-state index in [9.17, 15) is 18.4 Å². The number of anilines is 2. The number of carbonyl (C=O) groups excluding carboxylic acids is 2. The molecule has 2 aliphatic rings. The van der Waals surface area contributed by atoms with Crippen LogP contribution in [0.4, 0.5) is 30.0 Å². The quantitative estimate of drug-likeness (QED) is 0.511. The Labute approximate surface area is 225 Å². The van der Waals surface area contributed by atoms with Crippen molar-refractivity contribution in [1.29, 1.82) is 0 Å². The number of urea groups is 1. The summed E-state index contributed by atoms with van der Waals surface area (Å²) in [5.74, 6) is 0.0157. The molecule has 2 atom stereocenters. The van der Waals surface area contributed by atoms with E-state index < -0.39 is 23.3 Å². The number of aromatic nitrogens is 3. The van der Waals surface area contributed by atoms with Crippen LogP contribution in [0.25, 0.3) is 5.65 Å². The summed E-state index contributed by atoms with van der Waals surface area (Å²) in [7, 11) is 0. The summed E-state index contributed by atoms with van der Waals surface area (Å²) >= 11 is 0. The second-order valence-corrected chi connectivity index (χ2v) is 11.0. The van der Waals surface area contributed by atoms with Crippen molar-refractivity contribution in [1.82, 2.24) is 24.4 Å². The van der Waals surface area contributed by atoms with Gasteiger partial charge in [0.2, 0.25) is 0 Å². The van der Waals surface area contributed by atoms with Gasteiger partial charge in [0, 0.05) is 37.8 Å². The zero-order valence-electron chi connectivity index (χ0n) is 22.5. The minimum Gasteiger partial charge on any atom is -0.444 e. The molecule has 39 heavy (non-hydrogen) atoms. The SMILES string of the molecule is CC1CN(C(=O)Nc2cnc3ccc(N4CCCC4c4cc(F)ccc4F)nn23)CCN1C(=O)OC(C)(C)C. The molecule has 0 radical (unpaired) electrons. The highest BCUT2D eigenvalue weighted by molar-refractivity contribution is 5.89. The van der Waals surface area contributed by atoms with Crippen molar-refractivity contribution in [3.05, 3.63) is 53.7 Å². The first-order chi connectivity index (χ1) is 18.5. The highest BCUT2D eigenvalue weighted by Crippen LogP contribution is 2.36. The number of piperazine rings is 1. The summed E-state index contributed by atoms with van der Waals surface area (Å²) in [4.78, 5) is 35.2. The lowest BCUT2D eigenvalue weighted by Crippen LogP contribution is -2.57. The standard InChI is InChI=1S/C27H33F2N7O3/c1-17-16-33(12-13-34(17)26(38)39-27(2,3)4)25(37)31-24-15-30-22-9-10-23(32-36(22)24)35-11-5-6-21(35)19-14-18(28)7-8-20(19)29/h7-10,14-15,17,21H,5-6,11-13,16H2,1-4H3,(H,31,37). The first-order valence-electron chi connectivity index (χ1n) is 13.1. The van der Waals surface area contributed by atoms with Gasteiger partial charge in [-0.2, -0.15) is 4.52 Å². The first-order valence-corrected chi connectivity index (χ1v) is 13.1. The van der Waals surface area contributed by atoms with E-state index in [-0.39, 0.29) is 18.1 Å². The van der Waals surface area contributed by atoms with Gasteiger partial charge in [0.1, 0.15) is 23.1 Å². The van der Waals surface area contributed by atoms with Gasteiger partial charge in [-0.25, -0.2) is 23.4 Å².